The third-order valence-electron chi connectivity index (χ3n) is 2.23. The molecule has 5 heteroatoms. The topological polar surface area (TPSA) is 51.2 Å². The molecule has 0 spiro atoms. The number of carbonyl (C=O) groups is 1. The molecule has 0 N–H and O–H groups in total. The van der Waals surface area contributed by atoms with Crippen molar-refractivity contribution in [1.29, 1.82) is 0 Å². The molecular formula is C9H16O3S2. The van der Waals surface area contributed by atoms with Crippen molar-refractivity contribution < 1.29 is 13.2 Å². The van der Waals surface area contributed by atoms with E-state index in [0.717, 1.165) is 18.6 Å². The molecule has 0 aromatic heterocycles. The first-order valence-electron chi connectivity index (χ1n) is 4.81. The van der Waals surface area contributed by atoms with Gasteiger partial charge in [-0.3, -0.25) is 4.79 Å². The fraction of sp³-hybridized carbons (Fsp3) is 0.889. The second-order valence-electron chi connectivity index (χ2n) is 3.70. The lowest BCUT2D eigenvalue weighted by Crippen LogP contribution is -2.15. The van der Waals surface area contributed by atoms with Gasteiger partial charge in [-0.25, -0.2) is 8.42 Å². The van der Waals surface area contributed by atoms with E-state index < -0.39 is 9.84 Å². The summed E-state index contributed by atoms with van der Waals surface area (Å²) in [5, 5.41) is 0.148. The van der Waals surface area contributed by atoms with E-state index in [9.17, 15) is 13.2 Å². The van der Waals surface area contributed by atoms with Crippen molar-refractivity contribution in [2.45, 2.75) is 30.9 Å². The van der Waals surface area contributed by atoms with Gasteiger partial charge in [0.15, 0.2) is 0 Å². The third kappa shape index (κ3) is 4.46. The fourth-order valence-corrected chi connectivity index (χ4v) is 3.42. The minimum Gasteiger partial charge on any atom is -0.298 e. The second-order valence-corrected chi connectivity index (χ2v) is 7.27. The molecule has 1 atom stereocenters. The van der Waals surface area contributed by atoms with Crippen LogP contribution in [0.15, 0.2) is 0 Å². The summed E-state index contributed by atoms with van der Waals surface area (Å²) >= 11 is 1.71. The SMILES string of the molecule is CS(=O)(=O)CCCC(=O)C1CCCS1. The number of sulfone groups is 1. The van der Waals surface area contributed by atoms with E-state index in [4.69, 9.17) is 0 Å². The summed E-state index contributed by atoms with van der Waals surface area (Å²) in [5.74, 6) is 1.44. The minimum absolute atomic E-state index is 0.135. The van der Waals surface area contributed by atoms with Gasteiger partial charge >= 0.3 is 0 Å². The summed E-state index contributed by atoms with van der Waals surface area (Å²) < 4.78 is 21.6. The van der Waals surface area contributed by atoms with Crippen molar-refractivity contribution in [1.82, 2.24) is 0 Å². The number of hydrogen-bond donors (Lipinski definition) is 0. The van der Waals surface area contributed by atoms with E-state index >= 15 is 0 Å². The molecule has 0 bridgehead atoms. The number of carbonyl (C=O) groups excluding carboxylic acids is 1. The van der Waals surface area contributed by atoms with E-state index in [-0.39, 0.29) is 16.8 Å². The highest BCUT2D eigenvalue weighted by atomic mass is 32.2. The standard InChI is InChI=1S/C9H16O3S2/c1-14(11,12)7-3-4-8(10)9-5-2-6-13-9/h9H,2-7H2,1H3. The molecule has 3 nitrogen and oxygen atoms in total. The smallest absolute Gasteiger partial charge is 0.147 e. The molecule has 1 saturated heterocycles. The Morgan fingerprint density at radius 2 is 2.21 bits per heavy atom. The highest BCUT2D eigenvalue weighted by molar-refractivity contribution is 8.00. The first-order valence-corrected chi connectivity index (χ1v) is 7.92. The Morgan fingerprint density at radius 1 is 1.50 bits per heavy atom. The quantitative estimate of drug-likeness (QED) is 0.721. The summed E-state index contributed by atoms with van der Waals surface area (Å²) in [6.07, 6.45) is 4.21. The van der Waals surface area contributed by atoms with Gasteiger partial charge in [0.25, 0.3) is 0 Å². The molecule has 0 aromatic carbocycles. The minimum atomic E-state index is -2.90. The maximum Gasteiger partial charge on any atom is 0.147 e. The molecule has 0 aliphatic carbocycles. The van der Waals surface area contributed by atoms with Gasteiger partial charge < -0.3 is 0 Å². The van der Waals surface area contributed by atoms with E-state index in [2.05, 4.69) is 0 Å². The molecule has 0 radical (unpaired) electrons. The van der Waals surface area contributed by atoms with Gasteiger partial charge in [-0.15, -0.1) is 0 Å². The normalized spacial score (nSPS) is 22.5. The zero-order valence-electron chi connectivity index (χ0n) is 8.36. The van der Waals surface area contributed by atoms with Crippen LogP contribution in [0.25, 0.3) is 0 Å². The van der Waals surface area contributed by atoms with E-state index in [1.807, 2.05) is 0 Å². The van der Waals surface area contributed by atoms with Crippen molar-refractivity contribution in [2.75, 3.05) is 17.8 Å². The van der Waals surface area contributed by atoms with Gasteiger partial charge in [0, 0.05) is 12.7 Å². The Kier molecular flexibility index (Phi) is 4.44. The van der Waals surface area contributed by atoms with Crippen LogP contribution in [0, 0.1) is 0 Å². The van der Waals surface area contributed by atoms with Gasteiger partial charge in [-0.2, -0.15) is 11.8 Å². The van der Waals surface area contributed by atoms with Crippen molar-refractivity contribution in [3.63, 3.8) is 0 Å². The largest absolute Gasteiger partial charge is 0.298 e. The average Bonchev–Trinajstić information content (AvgIpc) is 2.53. The van der Waals surface area contributed by atoms with Gasteiger partial charge in [-0.05, 0) is 25.0 Å². The lowest BCUT2D eigenvalue weighted by Gasteiger charge is -2.06. The fourth-order valence-electron chi connectivity index (χ4n) is 1.50. The monoisotopic (exact) mass is 236 g/mol. The molecule has 1 aliphatic rings. The van der Waals surface area contributed by atoms with Crippen LogP contribution in [0.1, 0.15) is 25.7 Å². The zero-order valence-corrected chi connectivity index (χ0v) is 9.99. The number of thioether (sulfide) groups is 1. The molecule has 1 fully saturated rings. The van der Waals surface area contributed by atoms with Crippen LogP contribution in [-0.4, -0.2) is 37.2 Å². The lowest BCUT2D eigenvalue weighted by molar-refractivity contribution is -0.118. The molecule has 0 saturated carbocycles. The predicted octanol–water partition coefficient (Wildman–Crippen LogP) is 1.28. The number of Topliss-reactive ketones (excluding diaryl/α,β-unsaturated/α-hetero) is 1. The van der Waals surface area contributed by atoms with Crippen LogP contribution in [0.5, 0.6) is 0 Å². The van der Waals surface area contributed by atoms with Crippen LogP contribution in [0.3, 0.4) is 0 Å². The van der Waals surface area contributed by atoms with Crippen LogP contribution >= 0.6 is 11.8 Å². The molecule has 1 heterocycles. The third-order valence-corrected chi connectivity index (χ3v) is 4.68. The number of ketones is 1. The van der Waals surface area contributed by atoms with Crippen LogP contribution in [0.2, 0.25) is 0 Å². The first kappa shape index (κ1) is 12.0. The van der Waals surface area contributed by atoms with Crippen molar-refractivity contribution in [2.24, 2.45) is 0 Å². The maximum absolute atomic E-state index is 11.5. The molecule has 0 aromatic rings. The Hall–Kier alpha value is -0.0300. The Bertz CT molecular complexity index is 289. The molecule has 0 amide bonds. The van der Waals surface area contributed by atoms with Gasteiger partial charge in [-0.1, -0.05) is 0 Å². The summed E-state index contributed by atoms with van der Waals surface area (Å²) in [6.45, 7) is 0. The van der Waals surface area contributed by atoms with E-state index in [1.54, 1.807) is 11.8 Å². The molecule has 1 rings (SSSR count). The molecule has 1 aliphatic heterocycles. The molecule has 1 unspecified atom stereocenters. The summed E-state index contributed by atoms with van der Waals surface area (Å²) in [7, 11) is -2.90. The van der Waals surface area contributed by atoms with Crippen LogP contribution < -0.4 is 0 Å². The summed E-state index contributed by atoms with van der Waals surface area (Å²) in [6, 6.07) is 0. The van der Waals surface area contributed by atoms with Gasteiger partial charge in [0.2, 0.25) is 0 Å². The summed E-state index contributed by atoms with van der Waals surface area (Å²) in [5.41, 5.74) is 0. The van der Waals surface area contributed by atoms with Crippen molar-refractivity contribution >= 4 is 27.4 Å². The highest BCUT2D eigenvalue weighted by Gasteiger charge is 2.22. The maximum atomic E-state index is 11.5. The lowest BCUT2D eigenvalue weighted by atomic mass is 10.1. The van der Waals surface area contributed by atoms with Crippen LogP contribution in [0.4, 0.5) is 0 Å². The number of hydrogen-bond acceptors (Lipinski definition) is 4. The first-order chi connectivity index (χ1) is 6.49. The van der Waals surface area contributed by atoms with E-state index in [1.165, 1.54) is 6.26 Å². The van der Waals surface area contributed by atoms with E-state index in [0.29, 0.717) is 12.8 Å². The Labute approximate surface area is 89.6 Å². The highest BCUT2D eigenvalue weighted by Crippen LogP contribution is 2.27. The summed E-state index contributed by atoms with van der Waals surface area (Å²) in [4.78, 5) is 11.5. The average molecular weight is 236 g/mol. The van der Waals surface area contributed by atoms with Gasteiger partial charge in [0.1, 0.15) is 15.6 Å². The van der Waals surface area contributed by atoms with Gasteiger partial charge in [0.05, 0.1) is 11.0 Å². The zero-order chi connectivity index (χ0) is 10.6. The Morgan fingerprint density at radius 3 is 2.71 bits per heavy atom. The number of rotatable bonds is 5. The second kappa shape index (κ2) is 5.16. The molecule has 14 heavy (non-hydrogen) atoms. The van der Waals surface area contributed by atoms with Crippen molar-refractivity contribution in [3.8, 4) is 0 Å². The molecule has 82 valence electrons. The van der Waals surface area contributed by atoms with Crippen molar-refractivity contribution in [3.05, 3.63) is 0 Å². The Balaban J connectivity index is 2.21. The predicted molar refractivity (Wildman–Crippen MR) is 59.4 cm³/mol. The van der Waals surface area contributed by atoms with Crippen LogP contribution in [-0.2, 0) is 14.6 Å². The molecular weight excluding hydrogens is 220 g/mol.